The van der Waals surface area contributed by atoms with E-state index in [1.807, 2.05) is 6.92 Å². The van der Waals surface area contributed by atoms with E-state index < -0.39 is 18.5 Å². The van der Waals surface area contributed by atoms with Crippen LogP contribution in [0.4, 0.5) is 5.69 Å². The topological polar surface area (TPSA) is 115 Å². The van der Waals surface area contributed by atoms with Gasteiger partial charge in [0.15, 0.2) is 0 Å². The maximum absolute atomic E-state index is 11.7. The van der Waals surface area contributed by atoms with Crippen molar-refractivity contribution in [2.45, 2.75) is 6.92 Å². The van der Waals surface area contributed by atoms with Crippen LogP contribution < -0.4 is 5.32 Å². The molecule has 0 aliphatic heterocycles. The molecular weight excluding hydrogens is 278 g/mol. The monoisotopic (exact) mass is 291 g/mol. The molecule has 8 nitrogen and oxygen atoms in total. The van der Waals surface area contributed by atoms with E-state index in [-0.39, 0.29) is 6.61 Å². The lowest BCUT2D eigenvalue weighted by Gasteiger charge is -2.09. The van der Waals surface area contributed by atoms with E-state index in [9.17, 15) is 9.59 Å². The average Bonchev–Trinajstić information content (AvgIpc) is 2.95. The average molecular weight is 291 g/mol. The van der Waals surface area contributed by atoms with Crippen LogP contribution in [0.2, 0.25) is 0 Å². The van der Waals surface area contributed by atoms with Gasteiger partial charge < -0.3 is 19.6 Å². The first-order valence-corrected chi connectivity index (χ1v) is 6.03. The maximum atomic E-state index is 11.7. The lowest BCUT2D eigenvalue weighted by molar-refractivity contribution is -0.143. The van der Waals surface area contributed by atoms with Gasteiger partial charge in [0.25, 0.3) is 0 Å². The van der Waals surface area contributed by atoms with Crippen LogP contribution in [0, 0.1) is 6.92 Å². The smallest absolute Gasteiger partial charge is 0.329 e. The number of nitrogens with zero attached hydrogens (tertiary/aromatic N) is 2. The zero-order valence-corrected chi connectivity index (χ0v) is 11.2. The Morgan fingerprint density at radius 1 is 1.38 bits per heavy atom. The van der Waals surface area contributed by atoms with Crippen molar-refractivity contribution in [3.63, 3.8) is 0 Å². The van der Waals surface area contributed by atoms with Crippen LogP contribution in [0.3, 0.4) is 0 Å². The molecule has 2 aromatic rings. The van der Waals surface area contributed by atoms with Crippen LogP contribution in [-0.4, -0.2) is 40.4 Å². The summed E-state index contributed by atoms with van der Waals surface area (Å²) < 4.78 is 9.80. The van der Waals surface area contributed by atoms with Crippen LogP contribution in [0.15, 0.2) is 29.0 Å². The molecule has 0 aliphatic rings. The largest absolute Gasteiger partial charge is 0.480 e. The van der Waals surface area contributed by atoms with Gasteiger partial charge in [-0.2, -0.15) is 0 Å². The van der Waals surface area contributed by atoms with Crippen molar-refractivity contribution in [3.8, 4) is 11.5 Å². The number of carbonyl (C=O) groups is 2. The van der Waals surface area contributed by atoms with Crippen molar-refractivity contribution < 1.29 is 23.8 Å². The quantitative estimate of drug-likeness (QED) is 0.818. The van der Waals surface area contributed by atoms with Gasteiger partial charge >= 0.3 is 5.97 Å². The first-order valence-electron chi connectivity index (χ1n) is 6.03. The van der Waals surface area contributed by atoms with Crippen molar-refractivity contribution in [2.24, 2.45) is 0 Å². The summed E-state index contributed by atoms with van der Waals surface area (Å²) in [5, 5.41) is 18.4. The summed E-state index contributed by atoms with van der Waals surface area (Å²) in [6.07, 6.45) is 1.22. The molecular formula is C13H13N3O5. The molecule has 2 N–H and O–H groups in total. The van der Waals surface area contributed by atoms with Crippen LogP contribution in [0.1, 0.15) is 5.56 Å². The SMILES string of the molecule is Cc1ccc(-c2nnco2)cc1NC(=O)COCC(=O)O. The normalized spacial score (nSPS) is 10.3. The number of carboxylic acid groups (broad SMARTS) is 1. The van der Waals surface area contributed by atoms with E-state index in [0.29, 0.717) is 17.1 Å². The lowest BCUT2D eigenvalue weighted by atomic mass is 10.1. The Balaban J connectivity index is 2.04. The molecule has 1 amide bonds. The predicted molar refractivity (Wildman–Crippen MR) is 71.6 cm³/mol. The van der Waals surface area contributed by atoms with Crippen molar-refractivity contribution in [1.29, 1.82) is 0 Å². The lowest BCUT2D eigenvalue weighted by Crippen LogP contribution is -2.21. The number of anilines is 1. The van der Waals surface area contributed by atoms with Gasteiger partial charge in [0.2, 0.25) is 18.2 Å². The molecule has 1 aromatic heterocycles. The van der Waals surface area contributed by atoms with Crippen molar-refractivity contribution in [1.82, 2.24) is 10.2 Å². The number of aromatic nitrogens is 2. The van der Waals surface area contributed by atoms with Gasteiger partial charge in [-0.1, -0.05) is 6.07 Å². The van der Waals surface area contributed by atoms with Crippen molar-refractivity contribution in [3.05, 3.63) is 30.2 Å². The summed E-state index contributed by atoms with van der Waals surface area (Å²) in [5.74, 6) is -1.23. The van der Waals surface area contributed by atoms with Gasteiger partial charge in [-0.15, -0.1) is 10.2 Å². The Morgan fingerprint density at radius 3 is 2.86 bits per heavy atom. The van der Waals surface area contributed by atoms with Gasteiger partial charge in [-0.25, -0.2) is 4.79 Å². The molecule has 0 saturated carbocycles. The Labute approximate surface area is 119 Å². The van der Waals surface area contributed by atoms with Gasteiger partial charge in [-0.05, 0) is 24.6 Å². The summed E-state index contributed by atoms with van der Waals surface area (Å²) in [6.45, 7) is 0.969. The van der Waals surface area contributed by atoms with E-state index in [2.05, 4.69) is 15.5 Å². The third-order valence-corrected chi connectivity index (χ3v) is 2.58. The summed E-state index contributed by atoms with van der Waals surface area (Å²) in [4.78, 5) is 22.0. The maximum Gasteiger partial charge on any atom is 0.329 e. The molecule has 0 spiro atoms. The molecule has 0 bridgehead atoms. The Kier molecular flexibility index (Phi) is 4.62. The fraction of sp³-hybridized carbons (Fsp3) is 0.231. The van der Waals surface area contributed by atoms with E-state index in [1.165, 1.54) is 6.39 Å². The predicted octanol–water partition coefficient (Wildman–Crippen LogP) is 1.08. The van der Waals surface area contributed by atoms with Crippen LogP contribution >= 0.6 is 0 Å². The van der Waals surface area contributed by atoms with E-state index >= 15 is 0 Å². The highest BCUT2D eigenvalue weighted by atomic mass is 16.5. The van der Waals surface area contributed by atoms with Gasteiger partial charge in [0.05, 0.1) is 0 Å². The second-order valence-corrected chi connectivity index (χ2v) is 4.21. The molecule has 1 aromatic carbocycles. The van der Waals surface area contributed by atoms with E-state index in [1.54, 1.807) is 18.2 Å². The molecule has 8 heteroatoms. The highest BCUT2D eigenvalue weighted by molar-refractivity contribution is 5.93. The minimum Gasteiger partial charge on any atom is -0.480 e. The number of rotatable bonds is 6. The number of hydrogen-bond donors (Lipinski definition) is 2. The molecule has 0 saturated heterocycles. The number of amides is 1. The number of aliphatic carboxylic acids is 1. The molecule has 110 valence electrons. The van der Waals surface area contributed by atoms with E-state index in [4.69, 9.17) is 14.3 Å². The van der Waals surface area contributed by atoms with Gasteiger partial charge in [-0.3, -0.25) is 4.79 Å². The van der Waals surface area contributed by atoms with Crippen LogP contribution in [0.25, 0.3) is 11.5 Å². The minimum atomic E-state index is -1.13. The standard InChI is InChI=1S/C13H13N3O5/c1-8-2-3-9(13-16-14-7-21-13)4-10(8)15-11(17)5-20-6-12(18)19/h2-4,7H,5-6H2,1H3,(H,15,17)(H,18,19). The Hall–Kier alpha value is -2.74. The number of carboxylic acids is 1. The van der Waals surface area contributed by atoms with Crippen molar-refractivity contribution >= 4 is 17.6 Å². The number of nitrogens with one attached hydrogen (secondary N) is 1. The molecule has 1 heterocycles. The molecule has 0 unspecified atom stereocenters. The molecule has 21 heavy (non-hydrogen) atoms. The third kappa shape index (κ3) is 4.11. The molecule has 2 rings (SSSR count). The first kappa shape index (κ1) is 14.7. The number of ether oxygens (including phenoxy) is 1. The zero-order valence-electron chi connectivity index (χ0n) is 11.2. The second kappa shape index (κ2) is 6.62. The summed E-state index contributed by atoms with van der Waals surface area (Å²) in [5.41, 5.74) is 2.07. The molecule has 0 atom stereocenters. The third-order valence-electron chi connectivity index (χ3n) is 2.58. The number of benzene rings is 1. The zero-order chi connectivity index (χ0) is 15.2. The van der Waals surface area contributed by atoms with Gasteiger partial charge in [0, 0.05) is 11.3 Å². The Bertz CT molecular complexity index is 639. The summed E-state index contributed by atoms with van der Waals surface area (Å²) >= 11 is 0. The second-order valence-electron chi connectivity index (χ2n) is 4.21. The van der Waals surface area contributed by atoms with E-state index in [0.717, 1.165) is 5.56 Å². The fourth-order valence-corrected chi connectivity index (χ4v) is 1.61. The van der Waals surface area contributed by atoms with Crippen LogP contribution in [-0.2, 0) is 14.3 Å². The highest BCUT2D eigenvalue weighted by Crippen LogP contribution is 2.23. The molecule has 0 radical (unpaired) electrons. The summed E-state index contributed by atoms with van der Waals surface area (Å²) in [7, 11) is 0. The molecule has 0 fully saturated rings. The number of carbonyl (C=O) groups excluding carboxylic acids is 1. The minimum absolute atomic E-state index is 0.337. The summed E-state index contributed by atoms with van der Waals surface area (Å²) in [6, 6.07) is 5.28. The Morgan fingerprint density at radius 2 is 2.19 bits per heavy atom. The number of hydrogen-bond acceptors (Lipinski definition) is 6. The van der Waals surface area contributed by atoms with Crippen LogP contribution in [0.5, 0.6) is 0 Å². The number of aryl methyl sites for hydroxylation is 1. The fourth-order valence-electron chi connectivity index (χ4n) is 1.61. The van der Waals surface area contributed by atoms with Gasteiger partial charge in [0.1, 0.15) is 13.2 Å². The first-order chi connectivity index (χ1) is 10.1. The van der Waals surface area contributed by atoms with Crippen molar-refractivity contribution in [2.75, 3.05) is 18.5 Å². The molecule has 0 aliphatic carbocycles. The highest BCUT2D eigenvalue weighted by Gasteiger charge is 2.10.